The number of carbonyl (C=O) groups excluding carboxylic acids is 3. The molecule has 0 aromatic heterocycles. The summed E-state index contributed by atoms with van der Waals surface area (Å²) in [5.41, 5.74) is 1.89. The van der Waals surface area contributed by atoms with Gasteiger partial charge < -0.3 is 15.1 Å². The molecule has 192 valence electrons. The van der Waals surface area contributed by atoms with Crippen LogP contribution in [0.5, 0.6) is 0 Å². The quantitative estimate of drug-likeness (QED) is 0.587. The number of hydrogen-bond acceptors (Lipinski definition) is 5. The van der Waals surface area contributed by atoms with E-state index < -0.39 is 12.2 Å². The molecular formula is C26H32FN5O3S. The second-order valence-electron chi connectivity index (χ2n) is 9.04. The molecule has 4 amide bonds. The van der Waals surface area contributed by atoms with Crippen LogP contribution < -0.4 is 5.32 Å². The smallest absolute Gasteiger partial charge is 0.334 e. The number of thioether (sulfide) groups is 1. The van der Waals surface area contributed by atoms with Gasteiger partial charge in [-0.3, -0.25) is 9.59 Å². The number of hydrazine groups is 1. The number of nitrogens with zero attached hydrogens (tertiary/aromatic N) is 4. The third-order valence-electron chi connectivity index (χ3n) is 6.61. The zero-order chi connectivity index (χ0) is 25.7. The minimum atomic E-state index is -0.611. The highest BCUT2D eigenvalue weighted by molar-refractivity contribution is 7.98. The van der Waals surface area contributed by atoms with Crippen LogP contribution in [0.1, 0.15) is 17.5 Å². The highest BCUT2D eigenvalue weighted by atomic mass is 32.2. The molecule has 2 fully saturated rings. The molecule has 2 saturated heterocycles. The van der Waals surface area contributed by atoms with Gasteiger partial charge in [0.15, 0.2) is 0 Å². The van der Waals surface area contributed by atoms with Gasteiger partial charge in [-0.05, 0) is 48.1 Å². The minimum absolute atomic E-state index is 0.00747. The molecule has 0 radical (unpaired) electrons. The Hall–Kier alpha value is -3.11. The van der Waals surface area contributed by atoms with Crippen LogP contribution in [0.15, 0.2) is 54.6 Å². The van der Waals surface area contributed by atoms with Crippen molar-refractivity contribution in [1.82, 2.24) is 25.1 Å². The lowest BCUT2D eigenvalue weighted by Gasteiger charge is -2.54. The van der Waals surface area contributed by atoms with E-state index in [-0.39, 0.29) is 43.3 Å². The molecule has 36 heavy (non-hydrogen) atoms. The molecule has 2 aromatic carbocycles. The van der Waals surface area contributed by atoms with Gasteiger partial charge in [-0.2, -0.15) is 11.8 Å². The number of piperazine rings is 1. The molecule has 8 nitrogen and oxygen atoms in total. The van der Waals surface area contributed by atoms with E-state index in [1.54, 1.807) is 50.8 Å². The van der Waals surface area contributed by atoms with Gasteiger partial charge in [-0.15, -0.1) is 0 Å². The van der Waals surface area contributed by atoms with Crippen LogP contribution in [0.3, 0.4) is 0 Å². The fourth-order valence-corrected chi connectivity index (χ4v) is 5.24. The van der Waals surface area contributed by atoms with E-state index in [9.17, 15) is 18.8 Å². The standard InChI is InChI=1S/C26H32FN5O3S/c1-29-18-24(33)31-22(13-15-36-2)25(34)30(14-12-19-6-4-3-5-7-19)17-23(31)32(29)26(35)28-16-20-8-10-21(27)11-9-20/h3-11,22-23H,12-18H2,1-2H3,(H,28,35)/t22-,23-/m0/s1. The maximum atomic E-state index is 13.5. The van der Waals surface area contributed by atoms with Crippen LogP contribution in [0.2, 0.25) is 0 Å². The Morgan fingerprint density at radius 3 is 2.50 bits per heavy atom. The molecule has 10 heteroatoms. The van der Waals surface area contributed by atoms with Crippen molar-refractivity contribution in [3.05, 3.63) is 71.5 Å². The summed E-state index contributed by atoms with van der Waals surface area (Å²) in [4.78, 5) is 43.4. The zero-order valence-electron chi connectivity index (χ0n) is 20.6. The van der Waals surface area contributed by atoms with Crippen LogP contribution in [-0.2, 0) is 22.6 Å². The number of fused-ring (bicyclic) bond motifs is 1. The third-order valence-corrected chi connectivity index (χ3v) is 7.26. The number of nitrogens with one attached hydrogen (secondary N) is 1. The molecule has 0 aliphatic carbocycles. The van der Waals surface area contributed by atoms with Crippen LogP contribution in [-0.4, -0.2) is 88.6 Å². The van der Waals surface area contributed by atoms with Gasteiger partial charge in [-0.25, -0.2) is 19.2 Å². The van der Waals surface area contributed by atoms with E-state index in [0.29, 0.717) is 19.4 Å². The minimum Gasteiger partial charge on any atom is -0.337 e. The average Bonchev–Trinajstić information content (AvgIpc) is 2.87. The van der Waals surface area contributed by atoms with Crippen molar-refractivity contribution >= 4 is 29.6 Å². The molecule has 4 rings (SSSR count). The fourth-order valence-electron chi connectivity index (χ4n) is 4.78. The largest absolute Gasteiger partial charge is 0.337 e. The van der Waals surface area contributed by atoms with Gasteiger partial charge in [0.2, 0.25) is 11.8 Å². The van der Waals surface area contributed by atoms with Crippen LogP contribution in [0, 0.1) is 5.82 Å². The molecule has 0 bridgehead atoms. The SMILES string of the molecule is CSCC[C@H]1C(=O)N(CCc2ccccc2)C[C@H]2N1C(=O)CN(C)N2C(=O)NCc1ccc(F)cc1. The van der Waals surface area contributed by atoms with Crippen LogP contribution in [0.4, 0.5) is 9.18 Å². The van der Waals surface area contributed by atoms with E-state index in [2.05, 4.69) is 5.32 Å². The van der Waals surface area contributed by atoms with Gasteiger partial charge in [0.05, 0.1) is 13.1 Å². The van der Waals surface area contributed by atoms with Crippen molar-refractivity contribution in [1.29, 1.82) is 0 Å². The molecule has 2 aliphatic heterocycles. The lowest BCUT2D eigenvalue weighted by atomic mass is 10.0. The highest BCUT2D eigenvalue weighted by Gasteiger charge is 2.50. The Morgan fingerprint density at radius 2 is 1.81 bits per heavy atom. The van der Waals surface area contributed by atoms with E-state index >= 15 is 0 Å². The van der Waals surface area contributed by atoms with Crippen LogP contribution in [0.25, 0.3) is 0 Å². The van der Waals surface area contributed by atoms with Crippen molar-refractivity contribution < 1.29 is 18.8 Å². The summed E-state index contributed by atoms with van der Waals surface area (Å²) in [6.07, 6.45) is 2.58. The van der Waals surface area contributed by atoms with Crippen molar-refractivity contribution in [2.24, 2.45) is 0 Å². The predicted octanol–water partition coefficient (Wildman–Crippen LogP) is 2.56. The van der Waals surface area contributed by atoms with Crippen molar-refractivity contribution in [2.75, 3.05) is 38.7 Å². The van der Waals surface area contributed by atoms with Crippen molar-refractivity contribution in [3.63, 3.8) is 0 Å². The number of halogens is 1. The maximum absolute atomic E-state index is 13.5. The first-order chi connectivity index (χ1) is 17.4. The van der Waals surface area contributed by atoms with E-state index in [0.717, 1.165) is 16.9 Å². The summed E-state index contributed by atoms with van der Waals surface area (Å²) in [7, 11) is 1.70. The number of carbonyl (C=O) groups is 3. The highest BCUT2D eigenvalue weighted by Crippen LogP contribution is 2.28. The van der Waals surface area contributed by atoms with Gasteiger partial charge in [0.25, 0.3) is 0 Å². The molecule has 2 heterocycles. The summed E-state index contributed by atoms with van der Waals surface area (Å²) in [6.45, 7) is 0.970. The Balaban J connectivity index is 1.54. The van der Waals surface area contributed by atoms with Gasteiger partial charge in [0, 0.05) is 20.1 Å². The Kier molecular flexibility index (Phi) is 8.48. The molecular weight excluding hydrogens is 481 g/mol. The molecule has 1 N–H and O–H groups in total. The van der Waals surface area contributed by atoms with E-state index in [1.165, 1.54) is 12.1 Å². The molecule has 0 spiro atoms. The summed E-state index contributed by atoms with van der Waals surface area (Å²) in [5, 5.41) is 6.04. The molecule has 0 saturated carbocycles. The fraction of sp³-hybridized carbons (Fsp3) is 0.423. The van der Waals surface area contributed by atoms with E-state index in [1.807, 2.05) is 36.6 Å². The number of hydrogen-bond donors (Lipinski definition) is 1. The molecule has 2 aliphatic rings. The summed E-state index contributed by atoms with van der Waals surface area (Å²) >= 11 is 1.63. The van der Waals surface area contributed by atoms with Crippen molar-refractivity contribution in [3.8, 4) is 0 Å². The molecule has 0 unspecified atom stereocenters. The predicted molar refractivity (Wildman–Crippen MR) is 137 cm³/mol. The molecule has 2 atom stereocenters. The first-order valence-corrected chi connectivity index (χ1v) is 13.4. The Morgan fingerprint density at radius 1 is 1.08 bits per heavy atom. The summed E-state index contributed by atoms with van der Waals surface area (Å²) in [6, 6.07) is 14.9. The van der Waals surface area contributed by atoms with Gasteiger partial charge >= 0.3 is 6.03 Å². The van der Waals surface area contributed by atoms with Gasteiger partial charge in [-0.1, -0.05) is 42.5 Å². The average molecular weight is 514 g/mol. The maximum Gasteiger partial charge on any atom is 0.334 e. The Labute approximate surface area is 215 Å². The summed E-state index contributed by atoms with van der Waals surface area (Å²) < 4.78 is 13.2. The third kappa shape index (κ3) is 5.82. The van der Waals surface area contributed by atoms with E-state index in [4.69, 9.17) is 0 Å². The number of likely N-dealkylation sites (N-methyl/N-ethyl adjacent to an activating group) is 1. The number of amides is 4. The summed E-state index contributed by atoms with van der Waals surface area (Å²) in [5.74, 6) is 0.160. The second-order valence-corrected chi connectivity index (χ2v) is 10.0. The number of rotatable bonds is 8. The zero-order valence-corrected chi connectivity index (χ0v) is 21.4. The topological polar surface area (TPSA) is 76.2 Å². The second kappa shape index (κ2) is 11.7. The Bertz CT molecular complexity index is 1070. The lowest BCUT2D eigenvalue weighted by Crippen LogP contribution is -2.76. The monoisotopic (exact) mass is 513 g/mol. The lowest BCUT2D eigenvalue weighted by molar-refractivity contribution is -0.187. The normalized spacial score (nSPS) is 20.5. The van der Waals surface area contributed by atoms with Gasteiger partial charge in [0.1, 0.15) is 18.0 Å². The number of benzene rings is 2. The number of urea groups is 1. The molecule has 2 aromatic rings. The first kappa shape index (κ1) is 26.0. The first-order valence-electron chi connectivity index (χ1n) is 12.0. The van der Waals surface area contributed by atoms with Crippen LogP contribution >= 0.6 is 11.8 Å². The van der Waals surface area contributed by atoms with Crippen molar-refractivity contribution in [2.45, 2.75) is 31.6 Å².